The molecule has 1 N–H and O–H groups in total. The Balaban J connectivity index is 1.42. The standard InChI is InChI=1S/C25H31N3O4S/c1-18-13-19(2)16-28(15-18)33(31,32)23-10-8-22(9-11-23)26-25(30)21-6-3-5-20(14-21)17-27-12-4-7-24(27)29/h3,5-6,8-11,14,18-19H,4,7,12-13,15-17H2,1-2H3,(H,26,30). The molecule has 2 saturated heterocycles. The van der Waals surface area contributed by atoms with E-state index in [9.17, 15) is 18.0 Å². The molecule has 2 aliphatic rings. The molecule has 2 atom stereocenters. The summed E-state index contributed by atoms with van der Waals surface area (Å²) in [5, 5.41) is 2.83. The van der Waals surface area contributed by atoms with E-state index in [0.717, 1.165) is 24.9 Å². The number of benzene rings is 2. The molecule has 0 saturated carbocycles. The summed E-state index contributed by atoms with van der Waals surface area (Å²) in [6, 6.07) is 13.6. The Morgan fingerprint density at radius 2 is 1.76 bits per heavy atom. The summed E-state index contributed by atoms with van der Waals surface area (Å²) in [6.45, 7) is 6.47. The van der Waals surface area contributed by atoms with Gasteiger partial charge in [0.1, 0.15) is 0 Å². The van der Waals surface area contributed by atoms with Gasteiger partial charge in [-0.25, -0.2) is 8.42 Å². The monoisotopic (exact) mass is 469 g/mol. The van der Waals surface area contributed by atoms with Crippen molar-refractivity contribution in [3.05, 3.63) is 59.7 Å². The number of piperidine rings is 1. The van der Waals surface area contributed by atoms with E-state index in [-0.39, 0.29) is 16.7 Å². The fraction of sp³-hybridized carbons (Fsp3) is 0.440. The predicted octanol–water partition coefficient (Wildman–Crippen LogP) is 3.73. The van der Waals surface area contributed by atoms with Crippen LogP contribution in [0.4, 0.5) is 5.69 Å². The molecule has 4 rings (SSSR count). The zero-order valence-corrected chi connectivity index (χ0v) is 20.0. The second-order valence-corrected chi connectivity index (χ2v) is 11.3. The second-order valence-electron chi connectivity index (χ2n) is 9.37. The number of nitrogens with zero attached hydrogens (tertiary/aromatic N) is 2. The number of likely N-dealkylation sites (tertiary alicyclic amines) is 1. The maximum Gasteiger partial charge on any atom is 0.255 e. The third-order valence-corrected chi connectivity index (χ3v) is 8.17. The first-order valence-electron chi connectivity index (χ1n) is 11.5. The molecule has 0 spiro atoms. The maximum absolute atomic E-state index is 13.0. The second kappa shape index (κ2) is 9.65. The van der Waals surface area contributed by atoms with E-state index in [1.54, 1.807) is 51.7 Å². The molecule has 2 amide bonds. The first kappa shape index (κ1) is 23.4. The van der Waals surface area contributed by atoms with E-state index in [1.807, 2.05) is 6.07 Å². The summed E-state index contributed by atoms with van der Waals surface area (Å²) in [5.74, 6) is 0.537. The normalized spacial score (nSPS) is 21.9. The molecule has 33 heavy (non-hydrogen) atoms. The first-order chi connectivity index (χ1) is 15.7. The molecule has 2 heterocycles. The molecule has 2 unspecified atom stereocenters. The number of hydrogen-bond acceptors (Lipinski definition) is 4. The van der Waals surface area contributed by atoms with Crippen molar-refractivity contribution in [3.63, 3.8) is 0 Å². The fourth-order valence-corrected chi connectivity index (χ4v) is 6.45. The van der Waals surface area contributed by atoms with Crippen LogP contribution in [0.2, 0.25) is 0 Å². The lowest BCUT2D eigenvalue weighted by molar-refractivity contribution is -0.128. The summed E-state index contributed by atoms with van der Waals surface area (Å²) in [7, 11) is -3.56. The average Bonchev–Trinajstić information content (AvgIpc) is 3.18. The summed E-state index contributed by atoms with van der Waals surface area (Å²) >= 11 is 0. The van der Waals surface area contributed by atoms with E-state index < -0.39 is 10.0 Å². The van der Waals surface area contributed by atoms with E-state index in [2.05, 4.69) is 19.2 Å². The quantitative estimate of drug-likeness (QED) is 0.698. The Morgan fingerprint density at radius 1 is 1.06 bits per heavy atom. The van der Waals surface area contributed by atoms with Gasteiger partial charge in [0.25, 0.3) is 5.91 Å². The van der Waals surface area contributed by atoms with Crippen LogP contribution in [0.1, 0.15) is 49.0 Å². The van der Waals surface area contributed by atoms with Gasteiger partial charge in [0.15, 0.2) is 0 Å². The topological polar surface area (TPSA) is 86.8 Å². The Morgan fingerprint density at radius 3 is 2.39 bits per heavy atom. The molecule has 176 valence electrons. The molecule has 2 fully saturated rings. The van der Waals surface area contributed by atoms with Gasteiger partial charge in [0.05, 0.1) is 4.90 Å². The lowest BCUT2D eigenvalue weighted by Gasteiger charge is -2.34. The van der Waals surface area contributed by atoms with Crippen LogP contribution in [0.5, 0.6) is 0 Å². The Hall–Kier alpha value is -2.71. The highest BCUT2D eigenvalue weighted by Gasteiger charge is 2.31. The van der Waals surface area contributed by atoms with Gasteiger partial charge in [-0.2, -0.15) is 4.31 Å². The van der Waals surface area contributed by atoms with Crippen LogP contribution in [0.3, 0.4) is 0 Å². The van der Waals surface area contributed by atoms with E-state index in [4.69, 9.17) is 0 Å². The Kier molecular flexibility index (Phi) is 6.86. The van der Waals surface area contributed by atoms with Crippen LogP contribution in [-0.4, -0.2) is 49.1 Å². The lowest BCUT2D eigenvalue weighted by Crippen LogP contribution is -2.42. The van der Waals surface area contributed by atoms with Crippen LogP contribution in [0, 0.1) is 11.8 Å². The number of anilines is 1. The zero-order valence-electron chi connectivity index (χ0n) is 19.2. The number of rotatable bonds is 6. The average molecular weight is 470 g/mol. The summed E-state index contributed by atoms with van der Waals surface area (Å²) < 4.78 is 27.7. The third-order valence-electron chi connectivity index (χ3n) is 6.32. The molecule has 8 heteroatoms. The minimum atomic E-state index is -3.56. The number of amides is 2. The molecule has 2 aliphatic heterocycles. The number of carbonyl (C=O) groups excluding carboxylic acids is 2. The first-order valence-corrected chi connectivity index (χ1v) is 12.9. The van der Waals surface area contributed by atoms with Crippen molar-refractivity contribution in [3.8, 4) is 0 Å². The van der Waals surface area contributed by atoms with E-state index in [1.165, 1.54) is 0 Å². The SMILES string of the molecule is CC1CC(C)CN(S(=O)(=O)c2ccc(NC(=O)c3cccc(CN4CCCC4=O)c3)cc2)C1. The maximum atomic E-state index is 13.0. The van der Waals surface area contributed by atoms with Crippen molar-refractivity contribution in [1.29, 1.82) is 0 Å². The van der Waals surface area contributed by atoms with Gasteiger partial charge in [-0.05, 0) is 66.6 Å². The van der Waals surface area contributed by atoms with Crippen molar-refractivity contribution < 1.29 is 18.0 Å². The van der Waals surface area contributed by atoms with Crippen molar-refractivity contribution in [2.75, 3.05) is 25.0 Å². The van der Waals surface area contributed by atoms with Gasteiger partial charge >= 0.3 is 0 Å². The van der Waals surface area contributed by atoms with Gasteiger partial charge in [-0.1, -0.05) is 26.0 Å². The molecular weight excluding hydrogens is 438 g/mol. The number of sulfonamides is 1. The predicted molar refractivity (Wildman–Crippen MR) is 127 cm³/mol. The molecular formula is C25H31N3O4S. The molecule has 0 bridgehead atoms. The molecule has 7 nitrogen and oxygen atoms in total. The van der Waals surface area contributed by atoms with Crippen LogP contribution < -0.4 is 5.32 Å². The fourth-order valence-electron chi connectivity index (χ4n) is 4.77. The molecule has 0 aliphatic carbocycles. The summed E-state index contributed by atoms with van der Waals surface area (Å²) in [6.07, 6.45) is 2.49. The Labute approximate surface area is 195 Å². The minimum absolute atomic E-state index is 0.147. The molecule has 2 aromatic rings. The van der Waals surface area contributed by atoms with Crippen molar-refractivity contribution in [1.82, 2.24) is 9.21 Å². The molecule has 2 aromatic carbocycles. The molecule has 0 aromatic heterocycles. The Bertz CT molecular complexity index is 1120. The van der Waals surface area contributed by atoms with Crippen LogP contribution >= 0.6 is 0 Å². The van der Waals surface area contributed by atoms with Crippen LogP contribution in [0.25, 0.3) is 0 Å². The summed E-state index contributed by atoms with van der Waals surface area (Å²) in [5.41, 5.74) is 1.93. The largest absolute Gasteiger partial charge is 0.338 e. The number of hydrogen-bond donors (Lipinski definition) is 1. The van der Waals surface area contributed by atoms with Gasteiger partial charge in [0.2, 0.25) is 15.9 Å². The third kappa shape index (κ3) is 5.45. The van der Waals surface area contributed by atoms with Crippen molar-refractivity contribution >= 4 is 27.5 Å². The zero-order chi connectivity index (χ0) is 23.6. The van der Waals surface area contributed by atoms with E-state index >= 15 is 0 Å². The number of nitrogens with one attached hydrogen (secondary N) is 1. The smallest absolute Gasteiger partial charge is 0.255 e. The van der Waals surface area contributed by atoms with Crippen LogP contribution in [-0.2, 0) is 21.4 Å². The molecule has 0 radical (unpaired) electrons. The van der Waals surface area contributed by atoms with Crippen molar-refractivity contribution in [2.45, 2.75) is 44.6 Å². The highest BCUT2D eigenvalue weighted by molar-refractivity contribution is 7.89. The van der Waals surface area contributed by atoms with Gasteiger partial charge < -0.3 is 10.2 Å². The van der Waals surface area contributed by atoms with Gasteiger partial charge in [-0.15, -0.1) is 0 Å². The van der Waals surface area contributed by atoms with Crippen LogP contribution in [0.15, 0.2) is 53.4 Å². The summed E-state index contributed by atoms with van der Waals surface area (Å²) in [4.78, 5) is 26.7. The lowest BCUT2D eigenvalue weighted by atomic mass is 9.94. The van der Waals surface area contributed by atoms with Gasteiger partial charge in [0, 0.05) is 43.9 Å². The van der Waals surface area contributed by atoms with Crippen molar-refractivity contribution in [2.24, 2.45) is 11.8 Å². The van der Waals surface area contributed by atoms with Gasteiger partial charge in [-0.3, -0.25) is 9.59 Å². The minimum Gasteiger partial charge on any atom is -0.338 e. The van der Waals surface area contributed by atoms with E-state index in [0.29, 0.717) is 49.1 Å². The number of carbonyl (C=O) groups is 2. The highest BCUT2D eigenvalue weighted by atomic mass is 32.2. The highest BCUT2D eigenvalue weighted by Crippen LogP contribution is 2.27.